The minimum absolute atomic E-state index is 0.101. The van der Waals surface area contributed by atoms with E-state index in [9.17, 15) is 4.79 Å². The Kier molecular flexibility index (Phi) is 6.39. The lowest BCUT2D eigenvalue weighted by atomic mass is 9.83. The molecule has 34 heavy (non-hydrogen) atoms. The van der Waals surface area contributed by atoms with E-state index in [-0.39, 0.29) is 17.9 Å². The number of nitrogens with one attached hydrogen (secondary N) is 1. The molecule has 0 bridgehead atoms. The van der Waals surface area contributed by atoms with Gasteiger partial charge in [0, 0.05) is 61.9 Å². The van der Waals surface area contributed by atoms with E-state index in [1.54, 1.807) is 13.3 Å². The Morgan fingerprint density at radius 1 is 1.12 bits per heavy atom. The van der Waals surface area contributed by atoms with Crippen molar-refractivity contribution in [3.63, 3.8) is 0 Å². The summed E-state index contributed by atoms with van der Waals surface area (Å²) < 4.78 is 5.51. The molecule has 2 aromatic carbocycles. The topological polar surface area (TPSA) is 57.7 Å². The van der Waals surface area contributed by atoms with Crippen molar-refractivity contribution in [3.05, 3.63) is 83.7 Å². The number of hydrogen-bond acceptors (Lipinski definition) is 5. The second-order valence-corrected chi connectivity index (χ2v) is 9.21. The fourth-order valence-corrected chi connectivity index (χ4v) is 5.19. The van der Waals surface area contributed by atoms with Crippen LogP contribution in [0.4, 0.5) is 11.4 Å². The van der Waals surface area contributed by atoms with Crippen LogP contribution in [0.15, 0.2) is 66.9 Å². The van der Waals surface area contributed by atoms with Crippen LogP contribution < -0.4 is 19.9 Å². The summed E-state index contributed by atoms with van der Waals surface area (Å²) in [6.07, 6.45) is 3.26. The highest BCUT2D eigenvalue weighted by Crippen LogP contribution is 2.39. The molecule has 5 rings (SSSR count). The molecule has 0 radical (unpaired) electrons. The number of aromatic nitrogens is 1. The number of piperazine rings is 1. The van der Waals surface area contributed by atoms with Crippen molar-refractivity contribution in [2.75, 3.05) is 43.1 Å². The summed E-state index contributed by atoms with van der Waals surface area (Å²) in [4.78, 5) is 22.7. The van der Waals surface area contributed by atoms with Gasteiger partial charge in [-0.3, -0.25) is 9.78 Å². The van der Waals surface area contributed by atoms with Gasteiger partial charge in [-0.25, -0.2) is 0 Å². The fourth-order valence-electron chi connectivity index (χ4n) is 5.19. The average molecular weight is 457 g/mol. The van der Waals surface area contributed by atoms with Crippen LogP contribution in [-0.2, 0) is 17.6 Å². The van der Waals surface area contributed by atoms with Crippen molar-refractivity contribution in [1.82, 2.24) is 10.3 Å². The second-order valence-electron chi connectivity index (χ2n) is 9.21. The fraction of sp³-hybridized carbons (Fsp3) is 0.357. The summed E-state index contributed by atoms with van der Waals surface area (Å²) in [6, 6.07) is 20.9. The molecule has 6 nitrogen and oxygen atoms in total. The number of carbonyl (C=O) groups excluding carboxylic acids is 1. The average Bonchev–Trinajstić information content (AvgIpc) is 2.88. The number of carbonyl (C=O) groups is 1. The quantitative estimate of drug-likeness (QED) is 0.614. The van der Waals surface area contributed by atoms with Gasteiger partial charge in [0.15, 0.2) is 0 Å². The van der Waals surface area contributed by atoms with E-state index in [1.165, 1.54) is 22.5 Å². The normalized spacial score (nSPS) is 19.2. The van der Waals surface area contributed by atoms with Gasteiger partial charge in [0.1, 0.15) is 5.75 Å². The van der Waals surface area contributed by atoms with Crippen molar-refractivity contribution < 1.29 is 9.53 Å². The molecule has 0 spiro atoms. The number of fused-ring (bicyclic) bond motifs is 3. The monoisotopic (exact) mass is 456 g/mol. The van der Waals surface area contributed by atoms with Crippen LogP contribution in [0.25, 0.3) is 0 Å². The molecule has 2 aliphatic heterocycles. The van der Waals surface area contributed by atoms with Gasteiger partial charge in [-0.15, -0.1) is 0 Å². The molecule has 0 saturated carbocycles. The molecule has 1 aromatic heterocycles. The maximum atomic E-state index is 13.5. The Bertz CT molecular complexity index is 1130. The minimum atomic E-state index is -0.113. The van der Waals surface area contributed by atoms with Crippen LogP contribution in [-0.4, -0.2) is 50.2 Å². The number of aryl methyl sites for hydroxylation is 1. The van der Waals surface area contributed by atoms with Gasteiger partial charge in [0.25, 0.3) is 0 Å². The number of anilines is 2. The first kappa shape index (κ1) is 22.3. The van der Waals surface area contributed by atoms with Gasteiger partial charge in [-0.05, 0) is 49.2 Å². The van der Waals surface area contributed by atoms with Crippen LogP contribution in [0.3, 0.4) is 0 Å². The number of pyridine rings is 1. The SMILES string of the molecule is COc1ccc2c(c1)N1CCN(c3ccc(C)cc3)CC1C(C(=O)NCCc1ccccn1)C2. The van der Waals surface area contributed by atoms with E-state index >= 15 is 0 Å². The van der Waals surface area contributed by atoms with E-state index in [0.29, 0.717) is 6.54 Å². The number of amides is 1. The number of methoxy groups -OCH3 is 1. The summed E-state index contributed by atoms with van der Waals surface area (Å²) in [5.74, 6) is 0.868. The van der Waals surface area contributed by atoms with Crippen LogP contribution in [0.5, 0.6) is 5.75 Å². The molecule has 2 unspecified atom stereocenters. The van der Waals surface area contributed by atoms with Crippen LogP contribution in [0.2, 0.25) is 0 Å². The van der Waals surface area contributed by atoms with Crippen molar-refractivity contribution in [3.8, 4) is 5.75 Å². The Hall–Kier alpha value is -3.54. The smallest absolute Gasteiger partial charge is 0.225 e. The molecule has 3 heterocycles. The molecule has 6 heteroatoms. The third kappa shape index (κ3) is 4.58. The minimum Gasteiger partial charge on any atom is -0.497 e. The number of ether oxygens (including phenoxy) is 1. The molecule has 1 N–H and O–H groups in total. The number of rotatable bonds is 6. The van der Waals surface area contributed by atoms with Crippen molar-refractivity contribution in [2.24, 2.45) is 5.92 Å². The maximum Gasteiger partial charge on any atom is 0.225 e. The zero-order valence-corrected chi connectivity index (χ0v) is 19.9. The molecule has 0 aliphatic carbocycles. The third-order valence-electron chi connectivity index (χ3n) is 7.07. The largest absolute Gasteiger partial charge is 0.497 e. The maximum absolute atomic E-state index is 13.5. The molecule has 2 atom stereocenters. The lowest BCUT2D eigenvalue weighted by molar-refractivity contribution is -0.125. The second kappa shape index (κ2) is 9.75. The van der Waals surface area contributed by atoms with Crippen molar-refractivity contribution in [1.29, 1.82) is 0 Å². The molecular weight excluding hydrogens is 424 g/mol. The van der Waals surface area contributed by atoms with E-state index in [0.717, 1.165) is 43.9 Å². The molecule has 176 valence electrons. The molecule has 1 saturated heterocycles. The zero-order valence-electron chi connectivity index (χ0n) is 19.9. The standard InChI is InChI=1S/C28H32N4O2/c1-20-6-9-23(10-7-20)31-15-16-32-26-18-24(34-2)11-8-21(26)17-25(27(32)19-31)28(33)30-14-12-22-5-3-4-13-29-22/h3-11,13,18,25,27H,12,14-17,19H2,1-2H3,(H,30,33). The van der Waals surface area contributed by atoms with Crippen LogP contribution >= 0.6 is 0 Å². The Balaban J connectivity index is 1.37. The Labute approximate surface area is 201 Å². The first-order chi connectivity index (χ1) is 16.6. The van der Waals surface area contributed by atoms with Crippen LogP contribution in [0, 0.1) is 12.8 Å². The van der Waals surface area contributed by atoms with E-state index in [1.807, 2.05) is 24.3 Å². The first-order valence-corrected chi connectivity index (χ1v) is 12.0. The highest BCUT2D eigenvalue weighted by Gasteiger charge is 2.41. The van der Waals surface area contributed by atoms with Gasteiger partial charge >= 0.3 is 0 Å². The number of hydrogen-bond donors (Lipinski definition) is 1. The lowest BCUT2D eigenvalue weighted by Gasteiger charge is -2.49. The predicted octanol–water partition coefficient (Wildman–Crippen LogP) is 3.63. The van der Waals surface area contributed by atoms with Gasteiger partial charge in [-0.1, -0.05) is 29.8 Å². The van der Waals surface area contributed by atoms with Crippen molar-refractivity contribution >= 4 is 17.3 Å². The predicted molar refractivity (Wildman–Crippen MR) is 136 cm³/mol. The molecular formula is C28H32N4O2. The number of benzene rings is 2. The van der Waals surface area contributed by atoms with E-state index in [2.05, 4.69) is 63.4 Å². The van der Waals surface area contributed by atoms with Gasteiger partial charge in [0.2, 0.25) is 5.91 Å². The zero-order chi connectivity index (χ0) is 23.5. The molecule has 1 amide bonds. The van der Waals surface area contributed by atoms with Gasteiger partial charge < -0.3 is 19.9 Å². The highest BCUT2D eigenvalue weighted by molar-refractivity contribution is 5.82. The Morgan fingerprint density at radius 2 is 1.97 bits per heavy atom. The van der Waals surface area contributed by atoms with Gasteiger partial charge in [0.05, 0.1) is 19.1 Å². The number of nitrogens with zero attached hydrogens (tertiary/aromatic N) is 3. The summed E-state index contributed by atoms with van der Waals surface area (Å²) in [5.41, 5.74) is 5.88. The molecule has 2 aliphatic rings. The summed E-state index contributed by atoms with van der Waals surface area (Å²) in [5, 5.41) is 3.20. The first-order valence-electron chi connectivity index (χ1n) is 12.0. The molecule has 1 fully saturated rings. The van der Waals surface area contributed by atoms with E-state index in [4.69, 9.17) is 4.74 Å². The van der Waals surface area contributed by atoms with Crippen molar-refractivity contribution in [2.45, 2.75) is 25.8 Å². The lowest BCUT2D eigenvalue weighted by Crippen LogP contribution is -2.61. The summed E-state index contributed by atoms with van der Waals surface area (Å²) in [6.45, 7) is 5.31. The van der Waals surface area contributed by atoms with E-state index < -0.39 is 0 Å². The summed E-state index contributed by atoms with van der Waals surface area (Å²) >= 11 is 0. The van der Waals surface area contributed by atoms with Gasteiger partial charge in [-0.2, -0.15) is 0 Å². The highest BCUT2D eigenvalue weighted by atomic mass is 16.5. The summed E-state index contributed by atoms with van der Waals surface area (Å²) in [7, 11) is 1.70. The third-order valence-corrected chi connectivity index (χ3v) is 7.07. The molecule has 3 aromatic rings. The Morgan fingerprint density at radius 3 is 2.74 bits per heavy atom. The van der Waals surface area contributed by atoms with Crippen LogP contribution in [0.1, 0.15) is 16.8 Å².